The highest BCUT2D eigenvalue weighted by molar-refractivity contribution is 5.74. The van der Waals surface area contributed by atoms with Crippen LogP contribution in [0.1, 0.15) is 25.3 Å². The number of aromatic amines is 1. The van der Waals surface area contributed by atoms with Gasteiger partial charge in [0.1, 0.15) is 0 Å². The lowest BCUT2D eigenvalue weighted by Crippen LogP contribution is -2.29. The van der Waals surface area contributed by atoms with E-state index in [4.69, 9.17) is 0 Å². The minimum atomic E-state index is -0.439. The third-order valence-corrected chi connectivity index (χ3v) is 5.81. The number of aryl methyl sites for hydroxylation is 3. The Bertz CT molecular complexity index is 1100. The standard InChI is InChI=1S/C20H25N5O2/c1-20(10-9-14-7-5-4-6-8-14)11-12-25(13-20)18-21-16-15(23(18)2)17(26)22-19(27)24(16)3/h4-8H,9-13H2,1-3H3,(H,22,26,27). The Labute approximate surface area is 157 Å². The first-order valence-corrected chi connectivity index (χ1v) is 9.33. The fourth-order valence-electron chi connectivity index (χ4n) is 4.07. The molecular formula is C20H25N5O2. The molecule has 7 nitrogen and oxygen atoms in total. The summed E-state index contributed by atoms with van der Waals surface area (Å²) < 4.78 is 3.20. The Hall–Kier alpha value is -2.83. The first-order valence-electron chi connectivity index (χ1n) is 9.33. The molecular weight excluding hydrogens is 342 g/mol. The van der Waals surface area contributed by atoms with Crippen LogP contribution in [0, 0.1) is 5.41 Å². The van der Waals surface area contributed by atoms with Gasteiger partial charge < -0.3 is 9.47 Å². The maximum atomic E-state index is 12.2. The third kappa shape index (κ3) is 3.07. The number of nitrogens with one attached hydrogen (secondary N) is 1. The zero-order chi connectivity index (χ0) is 19.2. The maximum Gasteiger partial charge on any atom is 0.329 e. The molecule has 1 fully saturated rings. The number of nitrogens with zero attached hydrogens (tertiary/aromatic N) is 4. The summed E-state index contributed by atoms with van der Waals surface area (Å²) in [5, 5.41) is 0. The van der Waals surface area contributed by atoms with Crippen molar-refractivity contribution in [3.63, 3.8) is 0 Å². The summed E-state index contributed by atoms with van der Waals surface area (Å²) in [6, 6.07) is 10.6. The predicted molar refractivity (Wildman–Crippen MR) is 106 cm³/mol. The van der Waals surface area contributed by atoms with Crippen molar-refractivity contribution in [1.82, 2.24) is 19.1 Å². The molecule has 0 amide bonds. The molecule has 0 aliphatic carbocycles. The molecule has 1 aliphatic heterocycles. The molecule has 27 heavy (non-hydrogen) atoms. The van der Waals surface area contributed by atoms with Gasteiger partial charge in [0, 0.05) is 27.2 Å². The second-order valence-electron chi connectivity index (χ2n) is 7.93. The number of imidazole rings is 1. The molecule has 0 spiro atoms. The van der Waals surface area contributed by atoms with Gasteiger partial charge in [0.15, 0.2) is 11.2 Å². The van der Waals surface area contributed by atoms with Crippen LogP contribution in [0.5, 0.6) is 0 Å². The number of hydrogen-bond donors (Lipinski definition) is 1. The quantitative estimate of drug-likeness (QED) is 0.763. The first-order chi connectivity index (χ1) is 12.9. The fourth-order valence-corrected chi connectivity index (χ4v) is 4.07. The van der Waals surface area contributed by atoms with Gasteiger partial charge in [-0.05, 0) is 30.2 Å². The monoisotopic (exact) mass is 367 g/mol. The van der Waals surface area contributed by atoms with Crippen LogP contribution in [0.15, 0.2) is 39.9 Å². The highest BCUT2D eigenvalue weighted by Crippen LogP contribution is 2.37. The van der Waals surface area contributed by atoms with Crippen molar-refractivity contribution >= 4 is 17.1 Å². The summed E-state index contributed by atoms with van der Waals surface area (Å²) in [5.41, 5.74) is 1.60. The van der Waals surface area contributed by atoms with E-state index < -0.39 is 5.69 Å². The smallest absolute Gasteiger partial charge is 0.329 e. The van der Waals surface area contributed by atoms with Gasteiger partial charge in [0.25, 0.3) is 5.56 Å². The predicted octanol–water partition coefficient (Wildman–Crippen LogP) is 1.81. The number of hydrogen-bond acceptors (Lipinski definition) is 4. The van der Waals surface area contributed by atoms with Crippen molar-refractivity contribution in [3.8, 4) is 0 Å². The molecule has 0 bridgehead atoms. The molecule has 1 aromatic carbocycles. The minimum Gasteiger partial charge on any atom is -0.342 e. The Kier molecular flexibility index (Phi) is 4.17. The SMILES string of the molecule is Cn1c(N2CCC(C)(CCc3ccccc3)C2)nc2c1c(=O)[nH]c(=O)n2C. The number of aromatic nitrogens is 4. The first kappa shape index (κ1) is 17.6. The molecule has 2 aromatic heterocycles. The summed E-state index contributed by atoms with van der Waals surface area (Å²) in [7, 11) is 3.47. The van der Waals surface area contributed by atoms with E-state index in [2.05, 4.69) is 46.1 Å². The molecule has 3 aromatic rings. The second-order valence-corrected chi connectivity index (χ2v) is 7.93. The Balaban J connectivity index is 1.59. The summed E-state index contributed by atoms with van der Waals surface area (Å²) in [5.74, 6) is 0.750. The van der Waals surface area contributed by atoms with Crippen LogP contribution in [-0.2, 0) is 20.5 Å². The van der Waals surface area contributed by atoms with Crippen LogP contribution in [0.2, 0.25) is 0 Å². The molecule has 1 atom stereocenters. The van der Waals surface area contributed by atoms with Gasteiger partial charge in [-0.15, -0.1) is 0 Å². The third-order valence-electron chi connectivity index (χ3n) is 5.81. The van der Waals surface area contributed by atoms with Gasteiger partial charge in [0.05, 0.1) is 0 Å². The van der Waals surface area contributed by atoms with Crippen molar-refractivity contribution in [3.05, 3.63) is 56.7 Å². The minimum absolute atomic E-state index is 0.201. The lowest BCUT2D eigenvalue weighted by atomic mass is 9.83. The van der Waals surface area contributed by atoms with E-state index in [0.29, 0.717) is 11.2 Å². The molecule has 1 aliphatic rings. The van der Waals surface area contributed by atoms with Crippen molar-refractivity contribution < 1.29 is 0 Å². The Morgan fingerprint density at radius 3 is 2.63 bits per heavy atom. The fraction of sp³-hybridized carbons (Fsp3) is 0.450. The van der Waals surface area contributed by atoms with E-state index in [-0.39, 0.29) is 11.0 Å². The second kappa shape index (κ2) is 6.40. The average Bonchev–Trinajstić information content (AvgIpc) is 3.20. The van der Waals surface area contributed by atoms with E-state index in [1.165, 1.54) is 10.1 Å². The average molecular weight is 367 g/mol. The lowest BCUT2D eigenvalue weighted by Gasteiger charge is -2.25. The van der Waals surface area contributed by atoms with Crippen LogP contribution in [0.25, 0.3) is 11.2 Å². The van der Waals surface area contributed by atoms with Crippen molar-refractivity contribution in [2.45, 2.75) is 26.2 Å². The molecule has 4 rings (SSSR count). The van der Waals surface area contributed by atoms with Crippen LogP contribution in [0.3, 0.4) is 0 Å². The van der Waals surface area contributed by atoms with Crippen LogP contribution < -0.4 is 16.1 Å². The van der Waals surface area contributed by atoms with E-state index in [1.54, 1.807) is 11.6 Å². The lowest BCUT2D eigenvalue weighted by molar-refractivity contribution is 0.338. The Morgan fingerprint density at radius 2 is 1.89 bits per heavy atom. The number of H-pyrrole nitrogens is 1. The zero-order valence-corrected chi connectivity index (χ0v) is 16.0. The number of anilines is 1. The molecule has 1 N–H and O–H groups in total. The number of benzene rings is 1. The summed E-state index contributed by atoms with van der Waals surface area (Å²) in [6.07, 6.45) is 3.25. The molecule has 142 valence electrons. The topological polar surface area (TPSA) is 75.9 Å². The van der Waals surface area contributed by atoms with E-state index in [1.807, 2.05) is 13.1 Å². The molecule has 3 heterocycles. The highest BCUT2D eigenvalue weighted by Gasteiger charge is 2.35. The molecule has 1 unspecified atom stereocenters. The van der Waals surface area contributed by atoms with Gasteiger partial charge in [-0.3, -0.25) is 14.3 Å². The van der Waals surface area contributed by atoms with Crippen LogP contribution in [-0.4, -0.2) is 32.2 Å². The van der Waals surface area contributed by atoms with Gasteiger partial charge in [0.2, 0.25) is 5.95 Å². The van der Waals surface area contributed by atoms with Crippen molar-refractivity contribution in [1.29, 1.82) is 0 Å². The van der Waals surface area contributed by atoms with Crippen molar-refractivity contribution in [2.75, 3.05) is 18.0 Å². The highest BCUT2D eigenvalue weighted by atomic mass is 16.2. The van der Waals surface area contributed by atoms with Gasteiger partial charge >= 0.3 is 5.69 Å². The van der Waals surface area contributed by atoms with E-state index in [9.17, 15) is 9.59 Å². The van der Waals surface area contributed by atoms with Crippen molar-refractivity contribution in [2.24, 2.45) is 19.5 Å². The number of rotatable bonds is 4. The van der Waals surface area contributed by atoms with Crippen LogP contribution in [0.4, 0.5) is 5.95 Å². The van der Waals surface area contributed by atoms with E-state index in [0.717, 1.165) is 38.3 Å². The molecule has 1 saturated heterocycles. The summed E-state index contributed by atoms with van der Waals surface area (Å²) in [4.78, 5) is 33.3. The zero-order valence-electron chi connectivity index (χ0n) is 16.0. The normalized spacial score (nSPS) is 19.9. The summed E-state index contributed by atoms with van der Waals surface area (Å²) in [6.45, 7) is 4.11. The van der Waals surface area contributed by atoms with Gasteiger partial charge in [-0.25, -0.2) is 4.79 Å². The molecule has 7 heteroatoms. The summed E-state index contributed by atoms with van der Waals surface area (Å²) >= 11 is 0. The Morgan fingerprint density at radius 1 is 1.15 bits per heavy atom. The largest absolute Gasteiger partial charge is 0.342 e. The van der Waals surface area contributed by atoms with E-state index >= 15 is 0 Å². The molecule has 0 radical (unpaired) electrons. The molecule has 0 saturated carbocycles. The van der Waals surface area contributed by atoms with Crippen LogP contribution >= 0.6 is 0 Å². The van der Waals surface area contributed by atoms with Gasteiger partial charge in [-0.1, -0.05) is 37.3 Å². The van der Waals surface area contributed by atoms with Gasteiger partial charge in [-0.2, -0.15) is 4.98 Å². The number of fused-ring (bicyclic) bond motifs is 1. The maximum absolute atomic E-state index is 12.2.